The first-order valence-electron chi connectivity index (χ1n) is 6.30. The van der Waals surface area contributed by atoms with Gasteiger partial charge >= 0.3 is 0 Å². The van der Waals surface area contributed by atoms with Gasteiger partial charge in [-0.05, 0) is 51.8 Å². The molecule has 0 saturated carbocycles. The van der Waals surface area contributed by atoms with Crippen molar-refractivity contribution < 1.29 is 0 Å². The standard InChI is InChI=1S/C15H18BrNS/c1-2-8-17-15(13-10-18-11-14(13)16)9-12-6-4-3-5-7-12/h3-7,10-11,15,17H,2,8-9H2,1H3. The number of benzene rings is 1. The van der Waals surface area contributed by atoms with E-state index >= 15 is 0 Å². The zero-order valence-electron chi connectivity index (χ0n) is 10.5. The molecular weight excluding hydrogens is 306 g/mol. The summed E-state index contributed by atoms with van der Waals surface area (Å²) < 4.78 is 1.22. The lowest BCUT2D eigenvalue weighted by molar-refractivity contribution is 0.529. The predicted octanol–water partition coefficient (Wildman–Crippen LogP) is 4.79. The second-order valence-corrected chi connectivity index (χ2v) is 5.97. The van der Waals surface area contributed by atoms with E-state index in [4.69, 9.17) is 0 Å². The summed E-state index contributed by atoms with van der Waals surface area (Å²) in [5.74, 6) is 0. The molecule has 0 aliphatic carbocycles. The van der Waals surface area contributed by atoms with Gasteiger partial charge in [-0.3, -0.25) is 0 Å². The summed E-state index contributed by atoms with van der Waals surface area (Å²) in [4.78, 5) is 0. The minimum absolute atomic E-state index is 0.396. The van der Waals surface area contributed by atoms with Crippen molar-refractivity contribution >= 4 is 27.3 Å². The van der Waals surface area contributed by atoms with E-state index < -0.39 is 0 Å². The summed E-state index contributed by atoms with van der Waals surface area (Å²) in [5, 5.41) is 8.03. The van der Waals surface area contributed by atoms with Crippen LogP contribution in [0.15, 0.2) is 45.6 Å². The average Bonchev–Trinajstić information content (AvgIpc) is 2.82. The zero-order chi connectivity index (χ0) is 12.8. The van der Waals surface area contributed by atoms with Crippen LogP contribution in [-0.4, -0.2) is 6.54 Å². The number of hydrogen-bond acceptors (Lipinski definition) is 2. The molecule has 1 heterocycles. The van der Waals surface area contributed by atoms with E-state index in [0.29, 0.717) is 6.04 Å². The number of hydrogen-bond donors (Lipinski definition) is 1. The molecular formula is C15H18BrNS. The highest BCUT2D eigenvalue weighted by Gasteiger charge is 2.15. The maximum Gasteiger partial charge on any atom is 0.0380 e. The maximum absolute atomic E-state index is 3.64. The van der Waals surface area contributed by atoms with Gasteiger partial charge in [0.25, 0.3) is 0 Å². The van der Waals surface area contributed by atoms with Crippen molar-refractivity contribution in [2.75, 3.05) is 6.54 Å². The summed E-state index contributed by atoms with van der Waals surface area (Å²) in [6.45, 7) is 3.26. The second-order valence-electron chi connectivity index (χ2n) is 4.37. The van der Waals surface area contributed by atoms with Gasteiger partial charge in [0.05, 0.1) is 0 Å². The Kier molecular flexibility index (Phi) is 5.42. The second kappa shape index (κ2) is 7.07. The molecule has 0 aliphatic heterocycles. The van der Waals surface area contributed by atoms with Gasteiger partial charge in [-0.25, -0.2) is 0 Å². The fourth-order valence-corrected chi connectivity index (χ4v) is 3.63. The van der Waals surface area contributed by atoms with Gasteiger partial charge in [-0.1, -0.05) is 37.3 Å². The van der Waals surface area contributed by atoms with Crippen molar-refractivity contribution in [3.8, 4) is 0 Å². The van der Waals surface area contributed by atoms with E-state index in [1.165, 1.54) is 15.6 Å². The first-order chi connectivity index (χ1) is 8.81. The van der Waals surface area contributed by atoms with Gasteiger partial charge < -0.3 is 5.32 Å². The van der Waals surface area contributed by atoms with Crippen molar-refractivity contribution in [1.29, 1.82) is 0 Å². The Morgan fingerprint density at radius 1 is 1.22 bits per heavy atom. The molecule has 1 N–H and O–H groups in total. The van der Waals surface area contributed by atoms with Gasteiger partial charge in [0.2, 0.25) is 0 Å². The molecule has 2 rings (SSSR count). The van der Waals surface area contributed by atoms with Crippen LogP contribution >= 0.6 is 27.3 Å². The van der Waals surface area contributed by atoms with Gasteiger partial charge in [0.15, 0.2) is 0 Å². The van der Waals surface area contributed by atoms with Crippen LogP contribution in [0.5, 0.6) is 0 Å². The third-order valence-electron chi connectivity index (χ3n) is 2.94. The van der Waals surface area contributed by atoms with Crippen LogP contribution in [0.1, 0.15) is 30.5 Å². The van der Waals surface area contributed by atoms with E-state index in [2.05, 4.69) is 69.3 Å². The van der Waals surface area contributed by atoms with Crippen molar-refractivity contribution in [2.24, 2.45) is 0 Å². The Hall–Kier alpha value is -0.640. The Bertz CT molecular complexity index is 466. The number of halogens is 1. The van der Waals surface area contributed by atoms with E-state index in [0.717, 1.165) is 19.4 Å². The van der Waals surface area contributed by atoms with Crippen LogP contribution in [0.2, 0.25) is 0 Å². The summed E-state index contributed by atoms with van der Waals surface area (Å²) in [7, 11) is 0. The lowest BCUT2D eigenvalue weighted by atomic mass is 10.0. The smallest absolute Gasteiger partial charge is 0.0380 e. The Balaban J connectivity index is 2.13. The minimum Gasteiger partial charge on any atom is -0.310 e. The average molecular weight is 324 g/mol. The Labute approximate surface area is 121 Å². The van der Waals surface area contributed by atoms with E-state index in [1.54, 1.807) is 11.3 Å². The summed E-state index contributed by atoms with van der Waals surface area (Å²) in [6.07, 6.45) is 2.20. The normalized spacial score (nSPS) is 12.6. The highest BCUT2D eigenvalue weighted by molar-refractivity contribution is 9.10. The third-order valence-corrected chi connectivity index (χ3v) is 4.69. The Morgan fingerprint density at radius 2 is 2.00 bits per heavy atom. The van der Waals surface area contributed by atoms with Crippen molar-refractivity contribution in [2.45, 2.75) is 25.8 Å². The van der Waals surface area contributed by atoms with Crippen LogP contribution in [0.4, 0.5) is 0 Å². The van der Waals surface area contributed by atoms with Crippen molar-refractivity contribution in [3.05, 3.63) is 56.7 Å². The first-order valence-corrected chi connectivity index (χ1v) is 8.03. The zero-order valence-corrected chi connectivity index (χ0v) is 12.9. The quantitative estimate of drug-likeness (QED) is 0.805. The van der Waals surface area contributed by atoms with Crippen LogP contribution in [-0.2, 0) is 6.42 Å². The summed E-state index contributed by atoms with van der Waals surface area (Å²) >= 11 is 5.39. The lowest BCUT2D eigenvalue weighted by Crippen LogP contribution is -2.24. The van der Waals surface area contributed by atoms with Crippen LogP contribution < -0.4 is 5.32 Å². The van der Waals surface area contributed by atoms with Crippen LogP contribution in [0.3, 0.4) is 0 Å². The molecule has 0 radical (unpaired) electrons. The molecule has 0 fully saturated rings. The van der Waals surface area contributed by atoms with E-state index in [1.807, 2.05) is 0 Å². The number of rotatable bonds is 6. The largest absolute Gasteiger partial charge is 0.310 e. The fraction of sp³-hybridized carbons (Fsp3) is 0.333. The molecule has 96 valence electrons. The van der Waals surface area contributed by atoms with Crippen molar-refractivity contribution in [1.82, 2.24) is 5.32 Å². The molecule has 0 aliphatic rings. The first kappa shape index (κ1) is 13.8. The van der Waals surface area contributed by atoms with Crippen molar-refractivity contribution in [3.63, 3.8) is 0 Å². The molecule has 1 nitrogen and oxygen atoms in total. The van der Waals surface area contributed by atoms with Crippen LogP contribution in [0.25, 0.3) is 0 Å². The summed E-state index contributed by atoms with van der Waals surface area (Å²) in [6, 6.07) is 11.1. The van der Waals surface area contributed by atoms with Gasteiger partial charge in [0.1, 0.15) is 0 Å². The van der Waals surface area contributed by atoms with Gasteiger partial charge in [-0.15, -0.1) is 0 Å². The molecule has 1 aromatic carbocycles. The molecule has 1 aromatic heterocycles. The highest BCUT2D eigenvalue weighted by atomic mass is 79.9. The number of nitrogens with one attached hydrogen (secondary N) is 1. The number of thiophene rings is 1. The molecule has 1 atom stereocenters. The third kappa shape index (κ3) is 3.67. The maximum atomic E-state index is 3.64. The molecule has 0 amide bonds. The monoisotopic (exact) mass is 323 g/mol. The molecule has 0 saturated heterocycles. The topological polar surface area (TPSA) is 12.0 Å². The molecule has 0 bridgehead atoms. The molecule has 0 spiro atoms. The molecule has 1 unspecified atom stereocenters. The van der Waals surface area contributed by atoms with Crippen LogP contribution in [0, 0.1) is 0 Å². The molecule has 2 aromatic rings. The minimum atomic E-state index is 0.396. The lowest BCUT2D eigenvalue weighted by Gasteiger charge is -2.18. The van der Waals surface area contributed by atoms with Gasteiger partial charge in [0, 0.05) is 15.9 Å². The Morgan fingerprint density at radius 3 is 2.61 bits per heavy atom. The van der Waals surface area contributed by atoms with Gasteiger partial charge in [-0.2, -0.15) is 11.3 Å². The molecule has 3 heteroatoms. The van der Waals surface area contributed by atoms with E-state index in [9.17, 15) is 0 Å². The summed E-state index contributed by atoms with van der Waals surface area (Å²) in [5.41, 5.74) is 2.75. The fourth-order valence-electron chi connectivity index (χ4n) is 2.00. The predicted molar refractivity (Wildman–Crippen MR) is 83.2 cm³/mol. The molecule has 18 heavy (non-hydrogen) atoms. The highest BCUT2D eigenvalue weighted by Crippen LogP contribution is 2.29. The van der Waals surface area contributed by atoms with E-state index in [-0.39, 0.29) is 0 Å². The SMILES string of the molecule is CCCNC(Cc1ccccc1)c1cscc1Br.